The van der Waals surface area contributed by atoms with Crippen molar-refractivity contribution >= 4 is 11.8 Å². The van der Waals surface area contributed by atoms with Gasteiger partial charge in [0.25, 0.3) is 0 Å². The summed E-state index contributed by atoms with van der Waals surface area (Å²) in [5.41, 5.74) is 2.80. The molecule has 0 atom stereocenters. The standard InChI is InChI=1S/C21H18N2O5/c1-13-20(14(2)23(22-13)16-6-4-3-5-7-16)21(25)26-11-17(24)15-8-9-18-19(10-15)28-12-27-18/h3-10H,11-12H2,1-2H3. The third-order valence-corrected chi connectivity index (χ3v) is 4.53. The Bertz CT molecular complexity index is 1060. The zero-order chi connectivity index (χ0) is 19.7. The molecule has 1 aliphatic heterocycles. The summed E-state index contributed by atoms with van der Waals surface area (Å²) in [6, 6.07) is 14.4. The van der Waals surface area contributed by atoms with Crippen LogP contribution >= 0.6 is 0 Å². The Labute approximate surface area is 161 Å². The highest BCUT2D eigenvalue weighted by Crippen LogP contribution is 2.32. The lowest BCUT2D eigenvalue weighted by molar-refractivity contribution is 0.0473. The van der Waals surface area contributed by atoms with Gasteiger partial charge in [0.2, 0.25) is 6.79 Å². The summed E-state index contributed by atoms with van der Waals surface area (Å²) in [6.45, 7) is 3.30. The van der Waals surface area contributed by atoms with Crippen molar-refractivity contribution in [1.82, 2.24) is 9.78 Å². The molecule has 0 saturated heterocycles. The number of rotatable bonds is 5. The molecule has 0 aliphatic carbocycles. The second kappa shape index (κ2) is 7.19. The van der Waals surface area contributed by atoms with Gasteiger partial charge < -0.3 is 14.2 Å². The van der Waals surface area contributed by atoms with E-state index in [1.165, 1.54) is 0 Å². The molecule has 0 amide bonds. The second-order valence-electron chi connectivity index (χ2n) is 6.36. The van der Waals surface area contributed by atoms with E-state index >= 15 is 0 Å². The summed E-state index contributed by atoms with van der Waals surface area (Å²) in [6.07, 6.45) is 0. The van der Waals surface area contributed by atoms with Crippen LogP contribution in [0.5, 0.6) is 11.5 Å². The molecule has 0 spiro atoms. The van der Waals surface area contributed by atoms with E-state index in [2.05, 4.69) is 5.10 Å². The van der Waals surface area contributed by atoms with Crippen LogP contribution in [0.3, 0.4) is 0 Å². The number of ether oxygens (including phenoxy) is 3. The van der Waals surface area contributed by atoms with Crippen LogP contribution in [-0.2, 0) is 4.74 Å². The Morgan fingerprint density at radius 3 is 2.61 bits per heavy atom. The Morgan fingerprint density at radius 2 is 1.82 bits per heavy atom. The fraction of sp³-hybridized carbons (Fsp3) is 0.190. The van der Waals surface area contributed by atoms with Crippen molar-refractivity contribution in [3.63, 3.8) is 0 Å². The van der Waals surface area contributed by atoms with Crippen LogP contribution in [-0.4, -0.2) is 34.9 Å². The van der Waals surface area contributed by atoms with E-state index in [0.717, 1.165) is 5.69 Å². The first-order chi connectivity index (χ1) is 13.5. The van der Waals surface area contributed by atoms with Gasteiger partial charge in [-0.05, 0) is 44.2 Å². The number of fused-ring (bicyclic) bond motifs is 1. The largest absolute Gasteiger partial charge is 0.454 e. The Morgan fingerprint density at radius 1 is 1.07 bits per heavy atom. The molecule has 0 N–H and O–H groups in total. The van der Waals surface area contributed by atoms with Crippen LogP contribution in [0, 0.1) is 13.8 Å². The van der Waals surface area contributed by atoms with Gasteiger partial charge in [0, 0.05) is 5.56 Å². The van der Waals surface area contributed by atoms with Crippen molar-refractivity contribution in [3.8, 4) is 17.2 Å². The van der Waals surface area contributed by atoms with Gasteiger partial charge in [0.15, 0.2) is 23.9 Å². The Balaban J connectivity index is 1.48. The first-order valence-corrected chi connectivity index (χ1v) is 8.76. The number of carbonyl (C=O) groups excluding carboxylic acids is 2. The number of para-hydroxylation sites is 1. The van der Waals surface area contributed by atoms with Crippen molar-refractivity contribution in [1.29, 1.82) is 0 Å². The van der Waals surface area contributed by atoms with Crippen molar-refractivity contribution in [2.45, 2.75) is 13.8 Å². The zero-order valence-electron chi connectivity index (χ0n) is 15.5. The minimum absolute atomic E-state index is 0.131. The van der Waals surface area contributed by atoms with Gasteiger partial charge in [0.05, 0.1) is 17.1 Å². The molecule has 0 unspecified atom stereocenters. The van der Waals surface area contributed by atoms with Gasteiger partial charge in [-0.25, -0.2) is 9.48 Å². The van der Waals surface area contributed by atoms with Gasteiger partial charge in [0.1, 0.15) is 5.56 Å². The zero-order valence-corrected chi connectivity index (χ0v) is 15.5. The summed E-state index contributed by atoms with van der Waals surface area (Å²) in [7, 11) is 0. The van der Waals surface area contributed by atoms with Crippen LogP contribution in [0.2, 0.25) is 0 Å². The molecule has 4 rings (SSSR count). The van der Waals surface area contributed by atoms with Crippen molar-refractivity contribution in [2.75, 3.05) is 13.4 Å². The SMILES string of the molecule is Cc1nn(-c2ccccc2)c(C)c1C(=O)OCC(=O)c1ccc2c(c1)OCO2. The first kappa shape index (κ1) is 17.8. The van der Waals surface area contributed by atoms with E-state index < -0.39 is 5.97 Å². The number of carbonyl (C=O) groups is 2. The second-order valence-corrected chi connectivity index (χ2v) is 6.36. The smallest absolute Gasteiger partial charge is 0.342 e. The molecule has 7 heteroatoms. The van der Waals surface area contributed by atoms with E-state index in [1.807, 2.05) is 30.3 Å². The number of aryl methyl sites for hydroxylation is 1. The third kappa shape index (κ3) is 3.22. The number of benzene rings is 2. The Kier molecular flexibility index (Phi) is 4.57. The number of esters is 1. The number of Topliss-reactive ketones (excluding diaryl/α,β-unsaturated/α-hetero) is 1. The van der Waals surface area contributed by atoms with E-state index in [1.54, 1.807) is 36.7 Å². The minimum atomic E-state index is -0.578. The molecule has 2 aromatic carbocycles. The molecule has 0 bridgehead atoms. The minimum Gasteiger partial charge on any atom is -0.454 e. The highest BCUT2D eigenvalue weighted by molar-refractivity contribution is 6.00. The fourth-order valence-corrected chi connectivity index (χ4v) is 3.12. The van der Waals surface area contributed by atoms with E-state index in [4.69, 9.17) is 14.2 Å². The maximum absolute atomic E-state index is 12.6. The van der Waals surface area contributed by atoms with Gasteiger partial charge >= 0.3 is 5.97 Å². The summed E-state index contributed by atoms with van der Waals surface area (Å²) in [4.78, 5) is 25.0. The van der Waals surface area contributed by atoms with Crippen LogP contribution in [0.1, 0.15) is 32.1 Å². The lowest BCUT2D eigenvalue weighted by atomic mass is 10.1. The number of nitrogens with zero attached hydrogens (tertiary/aromatic N) is 2. The molecular formula is C21H18N2O5. The average Bonchev–Trinajstić information content (AvgIpc) is 3.29. The highest BCUT2D eigenvalue weighted by atomic mass is 16.7. The highest BCUT2D eigenvalue weighted by Gasteiger charge is 2.22. The third-order valence-electron chi connectivity index (χ3n) is 4.53. The first-order valence-electron chi connectivity index (χ1n) is 8.76. The molecule has 28 heavy (non-hydrogen) atoms. The van der Waals surface area contributed by atoms with E-state index in [-0.39, 0.29) is 19.2 Å². The fourth-order valence-electron chi connectivity index (χ4n) is 3.12. The molecule has 3 aromatic rings. The van der Waals surface area contributed by atoms with Gasteiger partial charge in [-0.15, -0.1) is 0 Å². The van der Waals surface area contributed by atoms with Crippen molar-refractivity contribution < 1.29 is 23.8 Å². The topological polar surface area (TPSA) is 79.7 Å². The molecular weight excluding hydrogens is 360 g/mol. The molecule has 7 nitrogen and oxygen atoms in total. The summed E-state index contributed by atoms with van der Waals surface area (Å²) in [5.74, 6) is 0.199. The monoisotopic (exact) mass is 378 g/mol. The van der Waals surface area contributed by atoms with Gasteiger partial charge in [-0.1, -0.05) is 18.2 Å². The molecule has 142 valence electrons. The average molecular weight is 378 g/mol. The lowest BCUT2D eigenvalue weighted by Gasteiger charge is -2.07. The van der Waals surface area contributed by atoms with Crippen LogP contribution < -0.4 is 9.47 Å². The molecule has 1 aliphatic rings. The van der Waals surface area contributed by atoms with Crippen LogP contribution in [0.15, 0.2) is 48.5 Å². The lowest BCUT2D eigenvalue weighted by Crippen LogP contribution is -2.15. The number of aromatic nitrogens is 2. The predicted molar refractivity (Wildman–Crippen MR) is 100 cm³/mol. The predicted octanol–water partition coefficient (Wildman–Crippen LogP) is 3.26. The molecule has 2 heterocycles. The summed E-state index contributed by atoms with van der Waals surface area (Å²) >= 11 is 0. The van der Waals surface area contributed by atoms with Crippen molar-refractivity contribution in [2.24, 2.45) is 0 Å². The number of hydrogen-bond acceptors (Lipinski definition) is 6. The summed E-state index contributed by atoms with van der Waals surface area (Å²) in [5, 5.41) is 4.43. The van der Waals surface area contributed by atoms with Gasteiger partial charge in [-0.3, -0.25) is 4.79 Å². The maximum atomic E-state index is 12.6. The maximum Gasteiger partial charge on any atom is 0.342 e. The molecule has 0 fully saturated rings. The molecule has 1 aromatic heterocycles. The number of ketones is 1. The van der Waals surface area contributed by atoms with Crippen molar-refractivity contribution in [3.05, 3.63) is 71.0 Å². The summed E-state index contributed by atoms with van der Waals surface area (Å²) < 4.78 is 17.4. The number of hydrogen-bond donors (Lipinski definition) is 0. The Hall–Kier alpha value is -3.61. The van der Waals surface area contributed by atoms with Crippen LogP contribution in [0.4, 0.5) is 0 Å². The molecule has 0 radical (unpaired) electrons. The van der Waals surface area contributed by atoms with Crippen LogP contribution in [0.25, 0.3) is 5.69 Å². The van der Waals surface area contributed by atoms with E-state index in [9.17, 15) is 9.59 Å². The molecule has 0 saturated carbocycles. The normalized spacial score (nSPS) is 12.1. The quantitative estimate of drug-likeness (QED) is 0.501. The van der Waals surface area contributed by atoms with Gasteiger partial charge in [-0.2, -0.15) is 5.10 Å². The van der Waals surface area contributed by atoms with E-state index in [0.29, 0.717) is 34.0 Å².